The molecule has 0 aliphatic carbocycles. The number of methoxy groups -OCH3 is 1. The Morgan fingerprint density at radius 3 is 2.57 bits per heavy atom. The maximum Gasteiger partial charge on any atom is 0.387 e. The first-order valence-electron chi connectivity index (χ1n) is 9.00. The van der Waals surface area contributed by atoms with Gasteiger partial charge in [-0.1, -0.05) is 36.4 Å². The maximum atomic E-state index is 12.4. The van der Waals surface area contributed by atoms with Gasteiger partial charge in [0.2, 0.25) is 0 Å². The number of amides is 1. The Bertz CT molecular complexity index is 1050. The molecule has 3 aromatic carbocycles. The Morgan fingerprint density at radius 1 is 1.07 bits per heavy atom. The molecule has 0 heterocycles. The number of carbonyl (C=O) groups is 2. The number of hydrogen-bond acceptors (Lipinski definition) is 5. The highest BCUT2D eigenvalue weighted by Gasteiger charge is 2.13. The molecule has 3 rings (SSSR count). The summed E-state index contributed by atoms with van der Waals surface area (Å²) in [5.74, 6) is -0.0606. The number of fused-ring (bicyclic) bond motifs is 1. The zero-order chi connectivity index (χ0) is 21.5. The van der Waals surface area contributed by atoms with E-state index in [-0.39, 0.29) is 24.7 Å². The van der Waals surface area contributed by atoms with Crippen LogP contribution in [0.15, 0.2) is 54.6 Å². The van der Waals surface area contributed by atoms with Gasteiger partial charge in [-0.3, -0.25) is 9.59 Å². The second kappa shape index (κ2) is 9.69. The summed E-state index contributed by atoms with van der Waals surface area (Å²) in [5.41, 5.74) is 1.00. The largest absolute Gasteiger partial charge is 0.493 e. The van der Waals surface area contributed by atoms with Crippen molar-refractivity contribution in [2.75, 3.05) is 13.7 Å². The van der Waals surface area contributed by atoms with E-state index in [1.807, 2.05) is 24.3 Å². The van der Waals surface area contributed by atoms with Crippen LogP contribution in [0.3, 0.4) is 0 Å². The van der Waals surface area contributed by atoms with Crippen molar-refractivity contribution in [2.24, 2.45) is 0 Å². The van der Waals surface area contributed by atoms with Gasteiger partial charge in [-0.05, 0) is 34.5 Å². The van der Waals surface area contributed by atoms with E-state index in [4.69, 9.17) is 9.47 Å². The number of halogens is 2. The number of carbonyl (C=O) groups excluding carboxylic acids is 2. The number of benzene rings is 3. The third kappa shape index (κ3) is 5.02. The van der Waals surface area contributed by atoms with E-state index in [2.05, 4.69) is 10.1 Å². The molecule has 0 saturated carbocycles. The number of nitrogens with one attached hydrogen (secondary N) is 1. The topological polar surface area (TPSA) is 73.9 Å². The van der Waals surface area contributed by atoms with Crippen LogP contribution in [0.4, 0.5) is 8.78 Å². The average molecular weight is 415 g/mol. The summed E-state index contributed by atoms with van der Waals surface area (Å²) in [6.45, 7) is -3.12. The number of aldehydes is 1. The van der Waals surface area contributed by atoms with Gasteiger partial charge in [-0.15, -0.1) is 0 Å². The second-order valence-electron chi connectivity index (χ2n) is 6.25. The SMILES string of the molecule is COc1cc(CNC(=O)COc2ccc3ccccc3c2C=O)ccc1OC(F)F. The molecule has 0 aliphatic heterocycles. The molecule has 8 heteroatoms. The van der Waals surface area contributed by atoms with E-state index in [1.165, 1.54) is 25.3 Å². The standard InChI is InChI=1S/C22H19F2NO5/c1-28-20-10-14(6-8-19(20)30-22(23)24)11-25-21(27)13-29-18-9-7-15-4-2-3-5-16(15)17(18)12-26/h2-10,12,22H,11,13H2,1H3,(H,25,27). The van der Waals surface area contributed by atoms with Gasteiger partial charge < -0.3 is 19.5 Å². The van der Waals surface area contributed by atoms with Gasteiger partial charge in [-0.25, -0.2) is 0 Å². The van der Waals surface area contributed by atoms with Crippen LogP contribution >= 0.6 is 0 Å². The first kappa shape index (κ1) is 21.0. The van der Waals surface area contributed by atoms with Gasteiger partial charge in [0, 0.05) is 6.54 Å². The van der Waals surface area contributed by atoms with Crippen molar-refractivity contribution in [3.63, 3.8) is 0 Å². The highest BCUT2D eigenvalue weighted by atomic mass is 19.3. The van der Waals surface area contributed by atoms with Gasteiger partial charge in [0.25, 0.3) is 5.91 Å². The lowest BCUT2D eigenvalue weighted by atomic mass is 10.0. The van der Waals surface area contributed by atoms with Crippen LogP contribution in [0, 0.1) is 0 Å². The molecule has 0 unspecified atom stereocenters. The van der Waals surface area contributed by atoms with Crippen LogP contribution in [-0.4, -0.2) is 32.5 Å². The third-order valence-corrected chi connectivity index (χ3v) is 4.34. The predicted octanol–water partition coefficient (Wildman–Crippen LogP) is 3.96. The van der Waals surface area contributed by atoms with E-state index >= 15 is 0 Å². The number of rotatable bonds is 9. The molecular weight excluding hydrogens is 396 g/mol. The molecule has 3 aromatic rings. The molecule has 0 atom stereocenters. The van der Waals surface area contributed by atoms with Gasteiger partial charge >= 0.3 is 6.61 Å². The lowest BCUT2D eigenvalue weighted by molar-refractivity contribution is -0.123. The second-order valence-corrected chi connectivity index (χ2v) is 6.25. The minimum atomic E-state index is -2.96. The highest BCUT2D eigenvalue weighted by molar-refractivity contribution is 6.00. The fourth-order valence-corrected chi connectivity index (χ4v) is 2.93. The van der Waals surface area contributed by atoms with Crippen molar-refractivity contribution in [3.05, 3.63) is 65.7 Å². The van der Waals surface area contributed by atoms with Crippen LogP contribution in [-0.2, 0) is 11.3 Å². The van der Waals surface area contributed by atoms with Crippen molar-refractivity contribution in [3.8, 4) is 17.2 Å². The Morgan fingerprint density at radius 2 is 1.83 bits per heavy atom. The first-order valence-corrected chi connectivity index (χ1v) is 9.00. The normalized spacial score (nSPS) is 10.7. The van der Waals surface area contributed by atoms with Crippen LogP contribution in [0.25, 0.3) is 10.8 Å². The molecule has 6 nitrogen and oxygen atoms in total. The molecule has 0 spiro atoms. The van der Waals surface area contributed by atoms with Crippen LogP contribution in [0.5, 0.6) is 17.2 Å². The summed E-state index contributed by atoms with van der Waals surface area (Å²) < 4.78 is 39.7. The van der Waals surface area contributed by atoms with Crippen LogP contribution in [0.1, 0.15) is 15.9 Å². The van der Waals surface area contributed by atoms with E-state index < -0.39 is 12.5 Å². The van der Waals surface area contributed by atoms with E-state index in [9.17, 15) is 18.4 Å². The van der Waals surface area contributed by atoms with Crippen molar-refractivity contribution < 1.29 is 32.6 Å². The number of hydrogen-bond donors (Lipinski definition) is 1. The van der Waals surface area contributed by atoms with Crippen molar-refractivity contribution >= 4 is 23.0 Å². The summed E-state index contributed by atoms with van der Waals surface area (Å²) in [6.07, 6.45) is 0.699. The monoisotopic (exact) mass is 415 g/mol. The minimum absolute atomic E-state index is 0.0939. The Kier molecular flexibility index (Phi) is 6.79. The molecule has 30 heavy (non-hydrogen) atoms. The van der Waals surface area contributed by atoms with Crippen molar-refractivity contribution in [1.29, 1.82) is 0 Å². The zero-order valence-corrected chi connectivity index (χ0v) is 16.1. The molecule has 0 aliphatic rings. The first-order chi connectivity index (χ1) is 14.5. The number of ether oxygens (including phenoxy) is 3. The fraction of sp³-hybridized carbons (Fsp3) is 0.182. The molecule has 0 aromatic heterocycles. The van der Waals surface area contributed by atoms with Crippen molar-refractivity contribution in [1.82, 2.24) is 5.32 Å². The Labute approximate surface area is 171 Å². The van der Waals surface area contributed by atoms with E-state index in [1.54, 1.807) is 12.1 Å². The summed E-state index contributed by atoms with van der Waals surface area (Å²) in [4.78, 5) is 23.6. The average Bonchev–Trinajstić information content (AvgIpc) is 2.76. The molecule has 0 saturated heterocycles. The molecular formula is C22H19F2NO5. The summed E-state index contributed by atoms with van der Waals surface area (Å²) in [7, 11) is 1.33. The minimum Gasteiger partial charge on any atom is -0.493 e. The zero-order valence-electron chi connectivity index (χ0n) is 16.1. The van der Waals surface area contributed by atoms with Gasteiger partial charge in [0.05, 0.1) is 12.7 Å². The Balaban J connectivity index is 1.60. The van der Waals surface area contributed by atoms with E-state index in [0.29, 0.717) is 23.2 Å². The quantitative estimate of drug-likeness (QED) is 0.536. The highest BCUT2D eigenvalue weighted by Crippen LogP contribution is 2.29. The molecule has 156 valence electrons. The summed E-state index contributed by atoms with van der Waals surface area (Å²) in [6, 6.07) is 15.2. The summed E-state index contributed by atoms with van der Waals surface area (Å²) in [5, 5.41) is 4.29. The van der Waals surface area contributed by atoms with E-state index in [0.717, 1.165) is 10.8 Å². The number of alkyl halides is 2. The lowest BCUT2D eigenvalue weighted by Gasteiger charge is -2.13. The molecule has 0 fully saturated rings. The van der Waals surface area contributed by atoms with Crippen LogP contribution in [0.2, 0.25) is 0 Å². The van der Waals surface area contributed by atoms with Gasteiger partial charge in [-0.2, -0.15) is 8.78 Å². The molecule has 0 bridgehead atoms. The van der Waals surface area contributed by atoms with Crippen molar-refractivity contribution in [2.45, 2.75) is 13.2 Å². The lowest BCUT2D eigenvalue weighted by Crippen LogP contribution is -2.28. The fourth-order valence-electron chi connectivity index (χ4n) is 2.93. The molecule has 1 N–H and O–H groups in total. The predicted molar refractivity (Wildman–Crippen MR) is 106 cm³/mol. The third-order valence-electron chi connectivity index (χ3n) is 4.34. The maximum absolute atomic E-state index is 12.4. The van der Waals surface area contributed by atoms with Gasteiger partial charge in [0.15, 0.2) is 24.4 Å². The molecule has 0 radical (unpaired) electrons. The summed E-state index contributed by atoms with van der Waals surface area (Å²) >= 11 is 0. The Hall–Kier alpha value is -3.68. The smallest absolute Gasteiger partial charge is 0.387 e. The van der Waals surface area contributed by atoms with Gasteiger partial charge in [0.1, 0.15) is 5.75 Å². The molecule has 1 amide bonds. The van der Waals surface area contributed by atoms with Crippen LogP contribution < -0.4 is 19.5 Å².